The number of hydrogen-bond donors (Lipinski definition) is 1. The maximum Gasteiger partial charge on any atom is 0.146 e. The molecule has 1 N–H and O–H groups in total. The second-order valence-corrected chi connectivity index (χ2v) is 5.90. The topological polar surface area (TPSA) is 46.5 Å². The number of ether oxygens (including phenoxy) is 1. The summed E-state index contributed by atoms with van der Waals surface area (Å²) in [6.07, 6.45) is 3.45. The van der Waals surface area contributed by atoms with Gasteiger partial charge in [-0.1, -0.05) is 36.4 Å². The van der Waals surface area contributed by atoms with E-state index in [0.29, 0.717) is 12.4 Å². The van der Waals surface area contributed by atoms with Crippen LogP contribution in [0.4, 0.5) is 5.82 Å². The largest absolute Gasteiger partial charge is 0.488 e. The SMILES string of the molecule is Brc1cc(/C=N/Nc2ccccn2)ccc1OCc1ccccc1. The fourth-order valence-corrected chi connectivity index (χ4v) is 2.56. The molecule has 0 amide bonds. The zero-order valence-corrected chi connectivity index (χ0v) is 14.5. The van der Waals surface area contributed by atoms with Gasteiger partial charge in [0.25, 0.3) is 0 Å². The third-order valence-corrected chi connectivity index (χ3v) is 3.87. The first kappa shape index (κ1) is 16.2. The molecule has 1 aromatic heterocycles. The molecule has 0 bridgehead atoms. The van der Waals surface area contributed by atoms with Crippen LogP contribution in [0.15, 0.2) is 82.5 Å². The summed E-state index contributed by atoms with van der Waals surface area (Å²) in [5.74, 6) is 1.50. The summed E-state index contributed by atoms with van der Waals surface area (Å²) in [4.78, 5) is 4.14. The smallest absolute Gasteiger partial charge is 0.146 e. The quantitative estimate of drug-likeness (QED) is 0.489. The molecule has 4 nitrogen and oxygen atoms in total. The average Bonchev–Trinajstić information content (AvgIpc) is 2.63. The van der Waals surface area contributed by atoms with Crippen LogP contribution in [0.3, 0.4) is 0 Å². The van der Waals surface area contributed by atoms with Gasteiger partial charge in [0, 0.05) is 6.20 Å². The summed E-state index contributed by atoms with van der Waals surface area (Å²) in [7, 11) is 0. The third-order valence-electron chi connectivity index (χ3n) is 3.25. The van der Waals surface area contributed by atoms with Gasteiger partial charge < -0.3 is 4.74 Å². The lowest BCUT2D eigenvalue weighted by atomic mass is 10.2. The number of benzene rings is 2. The van der Waals surface area contributed by atoms with Gasteiger partial charge in [-0.2, -0.15) is 5.10 Å². The fraction of sp³-hybridized carbons (Fsp3) is 0.0526. The van der Waals surface area contributed by atoms with E-state index < -0.39 is 0 Å². The highest BCUT2D eigenvalue weighted by atomic mass is 79.9. The lowest BCUT2D eigenvalue weighted by Gasteiger charge is -2.08. The van der Waals surface area contributed by atoms with Gasteiger partial charge in [0.2, 0.25) is 0 Å². The monoisotopic (exact) mass is 381 g/mol. The van der Waals surface area contributed by atoms with Crippen LogP contribution in [0.25, 0.3) is 0 Å². The van der Waals surface area contributed by atoms with Crippen LogP contribution in [0, 0.1) is 0 Å². The number of rotatable bonds is 6. The molecule has 0 aliphatic carbocycles. The van der Waals surface area contributed by atoms with Gasteiger partial charge in [-0.15, -0.1) is 0 Å². The van der Waals surface area contributed by atoms with Crippen molar-refractivity contribution >= 4 is 28.0 Å². The van der Waals surface area contributed by atoms with Crippen LogP contribution < -0.4 is 10.2 Å². The number of halogens is 1. The minimum absolute atomic E-state index is 0.536. The molecule has 0 aliphatic heterocycles. The molecule has 0 spiro atoms. The number of aromatic nitrogens is 1. The molecule has 1 heterocycles. The van der Waals surface area contributed by atoms with Crippen LogP contribution in [-0.4, -0.2) is 11.2 Å². The van der Waals surface area contributed by atoms with Crippen molar-refractivity contribution in [3.63, 3.8) is 0 Å². The first-order chi connectivity index (χ1) is 11.8. The molecule has 0 atom stereocenters. The number of anilines is 1. The minimum atomic E-state index is 0.536. The predicted octanol–water partition coefficient (Wildman–Crippen LogP) is 4.87. The molecular weight excluding hydrogens is 366 g/mol. The third kappa shape index (κ3) is 4.67. The molecule has 3 aromatic rings. The Hall–Kier alpha value is -2.66. The van der Waals surface area contributed by atoms with Gasteiger partial charge in [0.15, 0.2) is 0 Å². The van der Waals surface area contributed by atoms with E-state index in [1.54, 1.807) is 12.4 Å². The van der Waals surface area contributed by atoms with Crippen molar-refractivity contribution in [2.45, 2.75) is 6.61 Å². The molecule has 24 heavy (non-hydrogen) atoms. The molecule has 0 fully saturated rings. The highest BCUT2D eigenvalue weighted by molar-refractivity contribution is 9.10. The van der Waals surface area contributed by atoms with Gasteiger partial charge in [-0.25, -0.2) is 4.98 Å². The Morgan fingerprint density at radius 3 is 2.62 bits per heavy atom. The zero-order chi connectivity index (χ0) is 16.6. The molecule has 120 valence electrons. The fourth-order valence-electron chi connectivity index (χ4n) is 2.05. The van der Waals surface area contributed by atoms with E-state index in [0.717, 1.165) is 21.3 Å². The Morgan fingerprint density at radius 1 is 1.04 bits per heavy atom. The highest BCUT2D eigenvalue weighted by Gasteiger charge is 2.02. The summed E-state index contributed by atoms with van der Waals surface area (Å²) in [6, 6.07) is 21.5. The van der Waals surface area contributed by atoms with E-state index >= 15 is 0 Å². The first-order valence-electron chi connectivity index (χ1n) is 7.48. The van der Waals surface area contributed by atoms with Crippen LogP contribution in [0.5, 0.6) is 5.75 Å². The molecule has 0 saturated heterocycles. The predicted molar refractivity (Wildman–Crippen MR) is 100 cm³/mol. The van der Waals surface area contributed by atoms with Crippen molar-refractivity contribution in [1.29, 1.82) is 0 Å². The van der Waals surface area contributed by atoms with Crippen LogP contribution in [-0.2, 0) is 6.61 Å². The zero-order valence-electron chi connectivity index (χ0n) is 12.9. The van der Waals surface area contributed by atoms with Crippen molar-refractivity contribution in [3.05, 3.63) is 88.5 Å². The number of pyridine rings is 1. The Bertz CT molecular complexity index is 807. The lowest BCUT2D eigenvalue weighted by molar-refractivity contribution is 0.304. The van der Waals surface area contributed by atoms with E-state index in [1.807, 2.05) is 66.7 Å². The number of hydrogen-bond acceptors (Lipinski definition) is 4. The van der Waals surface area contributed by atoms with Crippen molar-refractivity contribution in [2.24, 2.45) is 5.10 Å². The Balaban J connectivity index is 1.60. The van der Waals surface area contributed by atoms with Gasteiger partial charge in [-0.05, 0) is 57.4 Å². The number of hydrazone groups is 1. The van der Waals surface area contributed by atoms with Gasteiger partial charge in [0.1, 0.15) is 18.2 Å². The molecule has 2 aromatic carbocycles. The molecule has 3 rings (SSSR count). The summed E-state index contributed by atoms with van der Waals surface area (Å²) < 4.78 is 6.72. The van der Waals surface area contributed by atoms with Gasteiger partial charge >= 0.3 is 0 Å². The van der Waals surface area contributed by atoms with Crippen molar-refractivity contribution < 1.29 is 4.74 Å². The van der Waals surface area contributed by atoms with Crippen molar-refractivity contribution in [3.8, 4) is 5.75 Å². The van der Waals surface area contributed by atoms with Crippen LogP contribution >= 0.6 is 15.9 Å². The molecule has 0 unspecified atom stereocenters. The minimum Gasteiger partial charge on any atom is -0.488 e. The maximum atomic E-state index is 5.83. The van der Waals surface area contributed by atoms with E-state index in [-0.39, 0.29) is 0 Å². The highest BCUT2D eigenvalue weighted by Crippen LogP contribution is 2.26. The van der Waals surface area contributed by atoms with Crippen LogP contribution in [0.1, 0.15) is 11.1 Å². The van der Waals surface area contributed by atoms with Crippen molar-refractivity contribution in [2.75, 3.05) is 5.43 Å². The average molecular weight is 382 g/mol. The molecular formula is C19H16BrN3O. The van der Waals surface area contributed by atoms with Gasteiger partial charge in [0.05, 0.1) is 10.7 Å². The molecule has 0 aliphatic rings. The van der Waals surface area contributed by atoms with Crippen molar-refractivity contribution in [1.82, 2.24) is 4.98 Å². The summed E-state index contributed by atoms with van der Waals surface area (Å²) >= 11 is 3.54. The van der Waals surface area contributed by atoms with E-state index in [4.69, 9.17) is 4.74 Å². The molecule has 0 radical (unpaired) electrons. The summed E-state index contributed by atoms with van der Waals surface area (Å²) in [5, 5.41) is 4.18. The van der Waals surface area contributed by atoms with E-state index in [2.05, 4.69) is 31.4 Å². The van der Waals surface area contributed by atoms with E-state index in [1.165, 1.54) is 0 Å². The first-order valence-corrected chi connectivity index (χ1v) is 8.27. The van der Waals surface area contributed by atoms with Crippen LogP contribution in [0.2, 0.25) is 0 Å². The standard InChI is InChI=1S/C19H16BrN3O/c20-17-12-16(13-22-23-19-8-4-5-11-21-19)9-10-18(17)24-14-15-6-2-1-3-7-15/h1-13H,14H2,(H,21,23)/b22-13+. The summed E-state index contributed by atoms with van der Waals surface area (Å²) in [6.45, 7) is 0.536. The number of nitrogens with zero attached hydrogens (tertiary/aromatic N) is 2. The second kappa shape index (κ2) is 8.26. The van der Waals surface area contributed by atoms with E-state index in [9.17, 15) is 0 Å². The second-order valence-electron chi connectivity index (χ2n) is 5.05. The maximum absolute atomic E-state index is 5.83. The molecule has 5 heteroatoms. The Kier molecular flexibility index (Phi) is 5.58. The Morgan fingerprint density at radius 2 is 1.88 bits per heavy atom. The normalized spacial score (nSPS) is 10.7. The lowest BCUT2D eigenvalue weighted by Crippen LogP contribution is -1.97. The Labute approximate surface area is 149 Å². The number of nitrogens with one attached hydrogen (secondary N) is 1. The molecule has 0 saturated carbocycles. The van der Waals surface area contributed by atoms with Gasteiger partial charge in [-0.3, -0.25) is 5.43 Å². The summed E-state index contributed by atoms with van der Waals surface area (Å²) in [5.41, 5.74) is 4.98.